The van der Waals surface area contributed by atoms with E-state index < -0.39 is 151 Å². The highest BCUT2D eigenvalue weighted by Gasteiger charge is 2.37. The van der Waals surface area contributed by atoms with Crippen molar-refractivity contribution in [1.82, 2.24) is 41.9 Å². The number of carbonyl (C=O) groups excluding carboxylic acids is 11. The largest absolute Gasteiger partial charge is 0.508 e. The van der Waals surface area contributed by atoms with Gasteiger partial charge in [-0.1, -0.05) is 92.7 Å². The minimum absolute atomic E-state index is 0.00491. The highest BCUT2D eigenvalue weighted by atomic mass is 16.3. The lowest BCUT2D eigenvalue weighted by atomic mass is 9.88. The van der Waals surface area contributed by atoms with Crippen LogP contribution < -0.4 is 54.8 Å². The van der Waals surface area contributed by atoms with Crippen molar-refractivity contribution in [3.05, 3.63) is 138 Å². The van der Waals surface area contributed by atoms with Crippen molar-refractivity contribution in [3.8, 4) is 5.75 Å². The molecule has 6 aromatic rings. The lowest BCUT2D eigenvalue weighted by Gasteiger charge is -2.26. The summed E-state index contributed by atoms with van der Waals surface area (Å²) in [6, 6.07) is 21.6. The Morgan fingerprint density at radius 1 is 0.527 bits per heavy atom. The van der Waals surface area contributed by atoms with Crippen LogP contribution in [-0.2, 0) is 73.6 Å². The first-order valence-corrected chi connectivity index (χ1v) is 30.8. The zero-order valence-electron chi connectivity index (χ0n) is 52.6. The van der Waals surface area contributed by atoms with Crippen molar-refractivity contribution in [2.75, 3.05) is 13.1 Å². The number of urea groups is 1. The Morgan fingerprint density at radius 2 is 1.04 bits per heavy atom. The Bertz CT molecular complexity index is 3640. The lowest BCUT2D eigenvalue weighted by Crippen LogP contribution is -2.53. The van der Waals surface area contributed by atoms with E-state index in [1.165, 1.54) is 26.0 Å². The molecule has 2 aromatic heterocycles. The number of hydrogen-bond acceptors (Lipinski definition) is 14. The maximum absolute atomic E-state index is 14.6. The van der Waals surface area contributed by atoms with Crippen molar-refractivity contribution in [3.63, 3.8) is 0 Å². The number of ketones is 4. The highest BCUT2D eigenvalue weighted by molar-refractivity contribution is 6.00. The van der Waals surface area contributed by atoms with Gasteiger partial charge in [-0.3, -0.25) is 52.9 Å². The molecule has 26 nitrogen and oxygen atoms in total. The minimum Gasteiger partial charge on any atom is -0.508 e. The lowest BCUT2D eigenvalue weighted by molar-refractivity contribution is -0.137. The van der Waals surface area contributed by atoms with Gasteiger partial charge in [-0.2, -0.15) is 0 Å². The molecule has 4 aromatic carbocycles. The fraction of sp³-hybridized carbons (Fsp3) is 0.403. The van der Waals surface area contributed by atoms with Crippen molar-refractivity contribution in [2.24, 2.45) is 51.6 Å². The number of nitrogens with one attached hydrogen (secondary N) is 8. The summed E-state index contributed by atoms with van der Waals surface area (Å²) in [5.74, 6) is -11.8. The molecule has 0 spiro atoms. The Labute approximate surface area is 538 Å². The molecule has 8 amide bonds. The van der Waals surface area contributed by atoms with E-state index in [9.17, 15) is 63.0 Å². The van der Waals surface area contributed by atoms with Crippen LogP contribution in [0.1, 0.15) is 94.9 Å². The highest BCUT2D eigenvalue weighted by Crippen LogP contribution is 2.26. The Hall–Kier alpha value is -10.2. The summed E-state index contributed by atoms with van der Waals surface area (Å²) in [6.45, 7) is 5.50. The quantitative estimate of drug-likeness (QED) is 0.0150. The van der Waals surface area contributed by atoms with Crippen molar-refractivity contribution in [1.29, 1.82) is 0 Å². The number of carbonyl (C=O) groups is 11. The first kappa shape index (κ1) is 71.8. The zero-order chi connectivity index (χ0) is 67.9. The van der Waals surface area contributed by atoms with E-state index >= 15 is 0 Å². The van der Waals surface area contributed by atoms with Gasteiger partial charge in [0.25, 0.3) is 0 Å². The average molecular weight is 1280 g/mol. The second-order valence-corrected chi connectivity index (χ2v) is 23.9. The Balaban J connectivity index is 1.16. The van der Waals surface area contributed by atoms with E-state index in [1.807, 2.05) is 50.2 Å². The molecule has 2 heterocycles. The van der Waals surface area contributed by atoms with Gasteiger partial charge >= 0.3 is 6.03 Å². The molecule has 0 saturated carbocycles. The molecule has 0 radical (unpaired) electrons. The van der Waals surface area contributed by atoms with Crippen molar-refractivity contribution < 1.29 is 63.0 Å². The summed E-state index contributed by atoms with van der Waals surface area (Å²) < 4.78 is 0. The molecule has 0 saturated heterocycles. The molecular weight excluding hydrogens is 1190 g/mol. The maximum Gasteiger partial charge on any atom is 0.315 e. The smallest absolute Gasteiger partial charge is 0.315 e. The van der Waals surface area contributed by atoms with Gasteiger partial charge in [0, 0.05) is 85.2 Å². The number of rotatable bonds is 38. The van der Waals surface area contributed by atoms with Crippen LogP contribution in [0.5, 0.6) is 5.75 Å². The zero-order valence-corrected chi connectivity index (χ0v) is 52.6. The number of nitrogens with two attached hydrogens (primary N) is 4. The van der Waals surface area contributed by atoms with Crippen LogP contribution in [0.4, 0.5) is 4.79 Å². The van der Waals surface area contributed by atoms with Gasteiger partial charge in [0.1, 0.15) is 11.8 Å². The van der Waals surface area contributed by atoms with E-state index in [0.29, 0.717) is 16.7 Å². The van der Waals surface area contributed by atoms with Gasteiger partial charge in [-0.25, -0.2) is 4.79 Å². The molecule has 9 atom stereocenters. The van der Waals surface area contributed by atoms with E-state index in [2.05, 4.69) is 46.9 Å². The number of aromatic amines is 2. The molecular formula is C67H85N13O13. The third kappa shape index (κ3) is 22.6. The number of Topliss-reactive ketones (excluding diaryl/α,β-unsaturated/α-hetero) is 4. The molecule has 0 aliphatic carbocycles. The van der Waals surface area contributed by atoms with E-state index in [4.69, 9.17) is 22.9 Å². The predicted octanol–water partition coefficient (Wildman–Crippen LogP) is 2.39. The van der Waals surface area contributed by atoms with Gasteiger partial charge in [0.15, 0.2) is 29.1 Å². The number of benzene rings is 4. The molecule has 0 aliphatic heterocycles. The second-order valence-electron chi connectivity index (χ2n) is 23.9. The van der Waals surface area contributed by atoms with Crippen molar-refractivity contribution >= 4 is 92.4 Å². The number of aliphatic imine (C=N–C) groups is 1. The number of aromatic nitrogens is 2. The first-order valence-electron chi connectivity index (χ1n) is 30.8. The van der Waals surface area contributed by atoms with Crippen molar-refractivity contribution in [2.45, 2.75) is 135 Å². The molecule has 496 valence electrons. The molecule has 0 fully saturated rings. The fourth-order valence-electron chi connectivity index (χ4n) is 11.1. The summed E-state index contributed by atoms with van der Waals surface area (Å²) in [5.41, 5.74) is 26.6. The Kier molecular flexibility index (Phi) is 26.9. The molecule has 0 unspecified atom stereocenters. The Morgan fingerprint density at radius 3 is 1.61 bits per heavy atom. The monoisotopic (exact) mass is 1280 g/mol. The van der Waals surface area contributed by atoms with Gasteiger partial charge in [-0.05, 0) is 97.9 Å². The van der Waals surface area contributed by atoms with Gasteiger partial charge in [0.05, 0.1) is 49.2 Å². The number of phenolic OH excluding ortho intramolecular Hbond substituents is 1. The number of aliphatic hydroxyl groups is 1. The number of aromatic hydroxyl groups is 1. The van der Waals surface area contributed by atoms with E-state index in [0.717, 1.165) is 27.4 Å². The molecule has 93 heavy (non-hydrogen) atoms. The number of phenols is 1. The number of hydrogen-bond donors (Lipinski definition) is 14. The van der Waals surface area contributed by atoms with Gasteiger partial charge in [-0.15, -0.1) is 0 Å². The summed E-state index contributed by atoms with van der Waals surface area (Å²) in [6.07, 6.45) is -0.274. The van der Waals surface area contributed by atoms with Crippen LogP contribution in [0.3, 0.4) is 0 Å². The number of primary amides is 2. The molecule has 0 bridgehead atoms. The van der Waals surface area contributed by atoms with Crippen LogP contribution in [0.2, 0.25) is 0 Å². The van der Waals surface area contributed by atoms with E-state index in [-0.39, 0.29) is 69.1 Å². The third-order valence-corrected chi connectivity index (χ3v) is 15.9. The molecule has 0 aliphatic rings. The number of para-hydroxylation sites is 2. The summed E-state index contributed by atoms with van der Waals surface area (Å²) in [4.78, 5) is 162. The van der Waals surface area contributed by atoms with Crippen LogP contribution in [0, 0.1) is 23.7 Å². The topological polar surface area (TPSA) is 448 Å². The normalized spacial score (nSPS) is 14.2. The van der Waals surface area contributed by atoms with Crippen LogP contribution >= 0.6 is 0 Å². The van der Waals surface area contributed by atoms with E-state index in [1.54, 1.807) is 67.0 Å². The third-order valence-electron chi connectivity index (χ3n) is 15.9. The molecule has 6 rings (SSSR count). The average Bonchev–Trinajstić information content (AvgIpc) is 1.98. The molecule has 26 heteroatoms. The predicted molar refractivity (Wildman–Crippen MR) is 348 cm³/mol. The number of H-pyrrole nitrogens is 2. The summed E-state index contributed by atoms with van der Waals surface area (Å²) >= 11 is 0. The summed E-state index contributed by atoms with van der Waals surface area (Å²) in [5, 5.41) is 38.2. The number of fused-ring (bicyclic) bond motifs is 2. The van der Waals surface area contributed by atoms with Gasteiger partial charge < -0.3 is 75.0 Å². The number of amides is 8. The maximum atomic E-state index is 14.6. The SMILES string of the molecule is CC(=O)N[C@H](Cc1ccc(O)cc1)C(=O)C[C@H](Cc1c[nH]c2ccccc12)C(=O)N[C@@H](CC(N)=O)C(=O)C[C@H](C(=O)N[C@@H](Cc1ccccc1)C(=O)CNC(=O)N[C@@H](CC(C)C)C(=O)C[C@H](CCCN=C(N)N)C(=O)N[C@@H](Cc1c[nH]c2ccccc12)C(N)=O)[C@@H](C)O. The van der Waals surface area contributed by atoms with Crippen LogP contribution in [0.15, 0.2) is 121 Å². The first-order chi connectivity index (χ1) is 44.2. The second kappa shape index (κ2) is 34.8. The van der Waals surface area contributed by atoms with Gasteiger partial charge in [0.2, 0.25) is 35.4 Å². The molecule has 18 N–H and O–H groups in total. The number of nitrogens with zero attached hydrogens (tertiary/aromatic N) is 1. The minimum atomic E-state index is -1.68. The van der Waals surface area contributed by atoms with Crippen LogP contribution in [0.25, 0.3) is 21.8 Å². The summed E-state index contributed by atoms with van der Waals surface area (Å²) in [7, 11) is 0. The number of aliphatic hydroxyl groups excluding tert-OH is 1. The number of guanidine groups is 1. The standard InChI is InChI=1S/C67H85N13O13/c1-37(2)25-52(57(84)30-42(15-12-24-72-66(70)71)63(90)79-56(62(69)89)29-45-35-74-51-19-11-9-17-48(45)51)80-67(93)75-36-60(87)54(26-40-13-6-5-7-14-40)78-65(92)49(38(3)81)32-59(86)55(33-61(68)88)77-64(91)43(28-44-34-73-50-18-10-8-16-47(44)50)31-58(85)53(76-39(4)82)27-41-20-22-46(83)23-21-41/h5-11,13-14,16-23,34-35,37-38,42-43,49,52-56,73-74,81,83H,12,15,24-33,36H2,1-4H3,(H2,68,88)(H2,69,89)(H,76,82)(H,77,91)(H,78,92)(H,79,90)(H4,70,71,72)(H2,75,80,93)/t38-,42+,43+,49+,52+,53-,54+,55+,56+/m1/s1. The fourth-order valence-corrected chi connectivity index (χ4v) is 11.1. The van der Waals surface area contributed by atoms with Crippen LogP contribution in [-0.4, -0.2) is 140 Å².